The molecule has 0 aliphatic heterocycles. The zero-order valence-corrected chi connectivity index (χ0v) is 12.2. The molecule has 19 heavy (non-hydrogen) atoms. The fourth-order valence-corrected chi connectivity index (χ4v) is 4.61. The van der Waals surface area contributed by atoms with Crippen LogP contribution in [0.25, 0.3) is 0 Å². The summed E-state index contributed by atoms with van der Waals surface area (Å²) in [5, 5.41) is 15.8. The van der Waals surface area contributed by atoms with Crippen LogP contribution in [0.15, 0.2) is 5.03 Å². The van der Waals surface area contributed by atoms with E-state index in [-0.39, 0.29) is 17.7 Å². The van der Waals surface area contributed by atoms with Crippen molar-refractivity contribution in [3.05, 3.63) is 11.3 Å². The van der Waals surface area contributed by atoms with Crippen LogP contribution in [0.5, 0.6) is 0 Å². The quantitative estimate of drug-likeness (QED) is 0.851. The molecule has 2 rings (SSSR count). The van der Waals surface area contributed by atoms with Gasteiger partial charge in [-0.1, -0.05) is 19.8 Å². The van der Waals surface area contributed by atoms with Crippen molar-refractivity contribution in [1.29, 1.82) is 0 Å². The van der Waals surface area contributed by atoms with Crippen LogP contribution in [0.3, 0.4) is 0 Å². The lowest BCUT2D eigenvalue weighted by molar-refractivity contribution is 0.276. The Bertz CT molecular complexity index is 532. The first-order valence-electron chi connectivity index (χ1n) is 6.69. The van der Waals surface area contributed by atoms with Crippen molar-refractivity contribution in [3.8, 4) is 0 Å². The molecule has 1 aliphatic rings. The maximum atomic E-state index is 12.7. The third-order valence-electron chi connectivity index (χ3n) is 3.79. The topological polar surface area (TPSA) is 86.3 Å². The minimum absolute atomic E-state index is 0.0266. The molecule has 0 bridgehead atoms. The summed E-state index contributed by atoms with van der Waals surface area (Å²) in [6.45, 7) is 3.67. The Morgan fingerprint density at radius 3 is 2.58 bits per heavy atom. The number of aromatic nitrogens is 2. The summed E-state index contributed by atoms with van der Waals surface area (Å²) < 4.78 is 26.9. The summed E-state index contributed by atoms with van der Waals surface area (Å²) >= 11 is 0. The van der Waals surface area contributed by atoms with Gasteiger partial charge in [-0.15, -0.1) is 0 Å². The average Bonchev–Trinajstić information content (AvgIpc) is 2.99. The molecule has 0 amide bonds. The number of aromatic amines is 1. The smallest absolute Gasteiger partial charge is 0.262 e. The number of aliphatic hydroxyl groups is 1. The van der Waals surface area contributed by atoms with Crippen LogP contribution in [0, 0.1) is 6.92 Å². The van der Waals surface area contributed by atoms with Gasteiger partial charge in [-0.05, 0) is 19.8 Å². The molecular formula is C12H21N3O3S. The number of hydrogen-bond acceptors (Lipinski definition) is 4. The van der Waals surface area contributed by atoms with Gasteiger partial charge >= 0.3 is 0 Å². The predicted molar refractivity (Wildman–Crippen MR) is 71.1 cm³/mol. The maximum absolute atomic E-state index is 12.7. The van der Waals surface area contributed by atoms with Crippen LogP contribution < -0.4 is 0 Å². The highest BCUT2D eigenvalue weighted by molar-refractivity contribution is 7.89. The van der Waals surface area contributed by atoms with E-state index >= 15 is 0 Å². The molecule has 0 atom stereocenters. The fourth-order valence-electron chi connectivity index (χ4n) is 2.76. The molecule has 0 radical (unpaired) electrons. The van der Waals surface area contributed by atoms with Crippen molar-refractivity contribution in [3.63, 3.8) is 0 Å². The number of aliphatic hydroxyl groups excluding tert-OH is 1. The summed E-state index contributed by atoms with van der Waals surface area (Å²) in [5.74, 6) is 0. The highest BCUT2D eigenvalue weighted by Gasteiger charge is 2.35. The van der Waals surface area contributed by atoms with Crippen LogP contribution in [0.1, 0.15) is 43.9 Å². The van der Waals surface area contributed by atoms with Crippen LogP contribution in [-0.4, -0.2) is 40.6 Å². The van der Waals surface area contributed by atoms with Gasteiger partial charge in [0.2, 0.25) is 0 Å². The van der Waals surface area contributed by atoms with Crippen molar-refractivity contribution in [2.24, 2.45) is 0 Å². The number of sulfonamides is 1. The first kappa shape index (κ1) is 14.5. The van der Waals surface area contributed by atoms with Crippen LogP contribution in [0.4, 0.5) is 0 Å². The molecule has 0 aromatic carbocycles. The van der Waals surface area contributed by atoms with E-state index in [1.54, 1.807) is 6.92 Å². The molecule has 6 nitrogen and oxygen atoms in total. The molecule has 0 spiro atoms. The second-order valence-corrected chi connectivity index (χ2v) is 6.74. The molecule has 1 aromatic heterocycles. The van der Waals surface area contributed by atoms with Crippen molar-refractivity contribution >= 4 is 10.0 Å². The second kappa shape index (κ2) is 5.60. The van der Waals surface area contributed by atoms with Crippen LogP contribution >= 0.6 is 0 Å². The second-order valence-electron chi connectivity index (χ2n) is 4.94. The van der Waals surface area contributed by atoms with Crippen LogP contribution in [0.2, 0.25) is 0 Å². The zero-order chi connectivity index (χ0) is 14.0. The van der Waals surface area contributed by atoms with E-state index in [0.717, 1.165) is 25.7 Å². The van der Waals surface area contributed by atoms with Crippen molar-refractivity contribution in [1.82, 2.24) is 14.5 Å². The van der Waals surface area contributed by atoms with E-state index in [1.807, 2.05) is 6.92 Å². The van der Waals surface area contributed by atoms with Crippen molar-refractivity contribution in [2.75, 3.05) is 6.54 Å². The molecular weight excluding hydrogens is 266 g/mol. The van der Waals surface area contributed by atoms with Crippen LogP contribution in [-0.2, 0) is 16.6 Å². The third kappa shape index (κ3) is 2.54. The summed E-state index contributed by atoms with van der Waals surface area (Å²) in [6, 6.07) is 0.0681. The van der Waals surface area contributed by atoms with E-state index in [0.29, 0.717) is 17.8 Å². The standard InChI is InChI=1S/C12H21N3O3S/c1-3-15(10-6-4-5-7-10)19(17,18)12-11(8-16)9(2)13-14-12/h10,16H,3-8H2,1-2H3,(H,13,14). The highest BCUT2D eigenvalue weighted by Crippen LogP contribution is 2.29. The lowest BCUT2D eigenvalue weighted by Gasteiger charge is -2.26. The summed E-state index contributed by atoms with van der Waals surface area (Å²) in [6.07, 6.45) is 3.96. The Kier molecular flexibility index (Phi) is 4.27. The molecule has 2 N–H and O–H groups in total. The predicted octanol–water partition coefficient (Wildman–Crippen LogP) is 1.16. The van der Waals surface area contributed by atoms with Crippen molar-refractivity contribution < 1.29 is 13.5 Å². The van der Waals surface area contributed by atoms with Gasteiger partial charge in [0.25, 0.3) is 10.0 Å². The number of nitrogens with zero attached hydrogens (tertiary/aromatic N) is 2. The Hall–Kier alpha value is -0.920. The number of rotatable bonds is 5. The Labute approximate surface area is 113 Å². The molecule has 7 heteroatoms. The fraction of sp³-hybridized carbons (Fsp3) is 0.750. The van der Waals surface area contributed by atoms with E-state index in [1.165, 1.54) is 4.31 Å². The van der Waals surface area contributed by atoms with Gasteiger partial charge in [-0.25, -0.2) is 8.42 Å². The first-order chi connectivity index (χ1) is 9.02. The van der Waals surface area contributed by atoms with Gasteiger partial charge in [-0.3, -0.25) is 5.10 Å². The highest BCUT2D eigenvalue weighted by atomic mass is 32.2. The summed E-state index contributed by atoms with van der Waals surface area (Å²) in [7, 11) is -3.63. The molecule has 1 saturated carbocycles. The number of H-pyrrole nitrogens is 1. The summed E-state index contributed by atoms with van der Waals surface area (Å²) in [5.41, 5.74) is 0.972. The van der Waals surface area contributed by atoms with E-state index in [4.69, 9.17) is 0 Å². The molecule has 0 saturated heterocycles. The molecule has 1 heterocycles. The van der Waals surface area contributed by atoms with E-state index in [2.05, 4.69) is 10.2 Å². The normalized spacial score (nSPS) is 17.5. The molecule has 108 valence electrons. The lowest BCUT2D eigenvalue weighted by Crippen LogP contribution is -2.39. The Morgan fingerprint density at radius 1 is 1.42 bits per heavy atom. The molecule has 1 aromatic rings. The third-order valence-corrected chi connectivity index (χ3v) is 5.79. The molecule has 0 unspecified atom stereocenters. The molecule has 1 aliphatic carbocycles. The van der Waals surface area contributed by atoms with E-state index < -0.39 is 10.0 Å². The maximum Gasteiger partial charge on any atom is 0.262 e. The van der Waals surface area contributed by atoms with Gasteiger partial charge in [0, 0.05) is 23.8 Å². The number of nitrogens with one attached hydrogen (secondary N) is 1. The number of hydrogen-bond donors (Lipinski definition) is 2. The van der Waals surface area contributed by atoms with Gasteiger partial charge in [0.05, 0.1) is 6.61 Å². The zero-order valence-electron chi connectivity index (χ0n) is 11.4. The Morgan fingerprint density at radius 2 is 2.05 bits per heavy atom. The van der Waals surface area contributed by atoms with Gasteiger partial charge < -0.3 is 5.11 Å². The van der Waals surface area contributed by atoms with Gasteiger partial charge in [0.15, 0.2) is 5.03 Å². The first-order valence-corrected chi connectivity index (χ1v) is 8.13. The van der Waals surface area contributed by atoms with E-state index in [9.17, 15) is 13.5 Å². The minimum Gasteiger partial charge on any atom is -0.392 e. The monoisotopic (exact) mass is 287 g/mol. The summed E-state index contributed by atoms with van der Waals surface area (Å²) in [4.78, 5) is 0. The SMILES string of the molecule is CCN(C1CCCC1)S(=O)(=O)c1n[nH]c(C)c1CO. The largest absolute Gasteiger partial charge is 0.392 e. The van der Waals surface area contributed by atoms with Gasteiger partial charge in [0.1, 0.15) is 0 Å². The van der Waals surface area contributed by atoms with Crippen molar-refractivity contribution in [2.45, 2.75) is 57.2 Å². The minimum atomic E-state index is -3.63. The average molecular weight is 287 g/mol. The number of aryl methyl sites for hydroxylation is 1. The molecule has 1 fully saturated rings. The lowest BCUT2D eigenvalue weighted by atomic mass is 10.2. The Balaban J connectivity index is 2.39. The van der Waals surface area contributed by atoms with Gasteiger partial charge in [-0.2, -0.15) is 9.40 Å².